The SMILES string of the molecule is CCNC(=O)c1csc(NC(=O)Nc2ccccc2)n1. The Balaban J connectivity index is 1.93. The Hall–Kier alpha value is -2.41. The zero-order chi connectivity index (χ0) is 14.4. The number of amides is 3. The smallest absolute Gasteiger partial charge is 0.325 e. The van der Waals surface area contributed by atoms with Crippen LogP contribution in [0.3, 0.4) is 0 Å². The predicted octanol–water partition coefficient (Wildman–Crippen LogP) is 2.54. The highest BCUT2D eigenvalue weighted by Crippen LogP contribution is 2.16. The average molecular weight is 290 g/mol. The second-order valence-electron chi connectivity index (χ2n) is 3.84. The molecule has 1 aromatic heterocycles. The zero-order valence-corrected chi connectivity index (χ0v) is 11.7. The first-order valence-corrected chi connectivity index (χ1v) is 6.93. The Bertz CT molecular complexity index is 597. The molecule has 0 unspecified atom stereocenters. The maximum Gasteiger partial charge on any atom is 0.325 e. The van der Waals surface area contributed by atoms with E-state index in [2.05, 4.69) is 20.9 Å². The van der Waals surface area contributed by atoms with Crippen molar-refractivity contribution in [1.29, 1.82) is 0 Å². The topological polar surface area (TPSA) is 83.1 Å². The molecule has 3 N–H and O–H groups in total. The fraction of sp³-hybridized carbons (Fsp3) is 0.154. The van der Waals surface area contributed by atoms with Crippen LogP contribution < -0.4 is 16.0 Å². The molecule has 0 atom stereocenters. The summed E-state index contributed by atoms with van der Waals surface area (Å²) in [6.45, 7) is 2.37. The molecular formula is C13H14N4O2S. The standard InChI is InChI=1S/C13H14N4O2S/c1-2-14-11(18)10-8-20-13(16-10)17-12(19)15-9-6-4-3-5-7-9/h3-8H,2H2,1H3,(H,14,18)(H2,15,16,17,19). The predicted molar refractivity (Wildman–Crippen MR) is 79.2 cm³/mol. The summed E-state index contributed by atoms with van der Waals surface area (Å²) in [7, 11) is 0. The Labute approximate surface area is 120 Å². The summed E-state index contributed by atoms with van der Waals surface area (Å²) in [5.74, 6) is -0.250. The van der Waals surface area contributed by atoms with E-state index in [4.69, 9.17) is 0 Å². The lowest BCUT2D eigenvalue weighted by molar-refractivity contribution is 0.0951. The van der Waals surface area contributed by atoms with Gasteiger partial charge in [0, 0.05) is 17.6 Å². The molecule has 20 heavy (non-hydrogen) atoms. The highest BCUT2D eigenvalue weighted by molar-refractivity contribution is 7.14. The summed E-state index contributed by atoms with van der Waals surface area (Å²) in [5.41, 5.74) is 0.984. The Morgan fingerprint density at radius 1 is 1.20 bits per heavy atom. The monoisotopic (exact) mass is 290 g/mol. The van der Waals surface area contributed by atoms with Crippen molar-refractivity contribution in [3.8, 4) is 0 Å². The minimum Gasteiger partial charge on any atom is -0.351 e. The molecule has 6 nitrogen and oxygen atoms in total. The molecule has 0 saturated heterocycles. The van der Waals surface area contributed by atoms with Crippen molar-refractivity contribution in [2.75, 3.05) is 17.2 Å². The number of hydrogen-bond acceptors (Lipinski definition) is 4. The largest absolute Gasteiger partial charge is 0.351 e. The Morgan fingerprint density at radius 3 is 2.65 bits per heavy atom. The average Bonchev–Trinajstić information content (AvgIpc) is 2.88. The van der Waals surface area contributed by atoms with Crippen molar-refractivity contribution in [1.82, 2.24) is 10.3 Å². The van der Waals surface area contributed by atoms with Crippen molar-refractivity contribution >= 4 is 34.1 Å². The first kappa shape index (κ1) is 14.0. The third-order valence-corrected chi connectivity index (χ3v) is 3.08. The molecule has 0 bridgehead atoms. The number of nitrogens with zero attached hydrogens (tertiary/aromatic N) is 1. The van der Waals surface area contributed by atoms with Gasteiger partial charge in [0.05, 0.1) is 0 Å². The first-order valence-electron chi connectivity index (χ1n) is 6.06. The van der Waals surface area contributed by atoms with Crippen LogP contribution >= 0.6 is 11.3 Å². The van der Waals surface area contributed by atoms with E-state index in [0.717, 1.165) is 0 Å². The van der Waals surface area contributed by atoms with Crippen LogP contribution in [0.1, 0.15) is 17.4 Å². The van der Waals surface area contributed by atoms with E-state index >= 15 is 0 Å². The van der Waals surface area contributed by atoms with Crippen molar-refractivity contribution in [2.24, 2.45) is 0 Å². The molecule has 0 spiro atoms. The van der Waals surface area contributed by atoms with E-state index in [1.165, 1.54) is 11.3 Å². The molecule has 1 aromatic carbocycles. The highest BCUT2D eigenvalue weighted by atomic mass is 32.1. The van der Waals surface area contributed by atoms with Crippen LogP contribution in [-0.4, -0.2) is 23.5 Å². The van der Waals surface area contributed by atoms with E-state index in [1.807, 2.05) is 25.1 Å². The molecule has 0 saturated carbocycles. The number of benzene rings is 1. The minimum absolute atomic E-state index is 0.250. The van der Waals surface area contributed by atoms with Gasteiger partial charge in [-0.05, 0) is 19.1 Å². The molecule has 3 amide bonds. The lowest BCUT2D eigenvalue weighted by atomic mass is 10.3. The summed E-state index contributed by atoms with van der Waals surface area (Å²) in [6, 6.07) is 8.68. The molecule has 0 radical (unpaired) electrons. The second kappa shape index (κ2) is 6.67. The normalized spacial score (nSPS) is 9.85. The maximum atomic E-state index is 11.7. The van der Waals surface area contributed by atoms with Crippen LogP contribution in [0.25, 0.3) is 0 Å². The number of rotatable bonds is 4. The van der Waals surface area contributed by atoms with E-state index in [0.29, 0.717) is 23.1 Å². The molecule has 0 aliphatic carbocycles. The first-order chi connectivity index (χ1) is 9.69. The quantitative estimate of drug-likeness (QED) is 0.809. The van der Waals surface area contributed by atoms with Gasteiger partial charge >= 0.3 is 6.03 Å². The summed E-state index contributed by atoms with van der Waals surface area (Å²) >= 11 is 1.20. The third-order valence-electron chi connectivity index (χ3n) is 2.33. The van der Waals surface area contributed by atoms with Crippen molar-refractivity contribution in [2.45, 2.75) is 6.92 Å². The van der Waals surface area contributed by atoms with Crippen LogP contribution in [0.4, 0.5) is 15.6 Å². The van der Waals surface area contributed by atoms with Gasteiger partial charge in [0.2, 0.25) is 0 Å². The fourth-order valence-electron chi connectivity index (χ4n) is 1.47. The fourth-order valence-corrected chi connectivity index (χ4v) is 2.15. The number of carbonyl (C=O) groups is 2. The van der Waals surface area contributed by atoms with Crippen LogP contribution in [0, 0.1) is 0 Å². The molecule has 1 heterocycles. The van der Waals surface area contributed by atoms with E-state index in [-0.39, 0.29) is 5.91 Å². The molecular weight excluding hydrogens is 276 g/mol. The summed E-state index contributed by atoms with van der Waals surface area (Å²) < 4.78 is 0. The van der Waals surface area contributed by atoms with Crippen LogP contribution in [0.5, 0.6) is 0 Å². The van der Waals surface area contributed by atoms with Crippen molar-refractivity contribution in [3.05, 3.63) is 41.4 Å². The van der Waals surface area contributed by atoms with Gasteiger partial charge in [-0.3, -0.25) is 10.1 Å². The molecule has 104 valence electrons. The number of aromatic nitrogens is 1. The van der Waals surface area contributed by atoms with Crippen LogP contribution in [-0.2, 0) is 0 Å². The van der Waals surface area contributed by atoms with Gasteiger partial charge in [0.15, 0.2) is 5.13 Å². The Kier molecular flexibility index (Phi) is 4.67. The van der Waals surface area contributed by atoms with Crippen molar-refractivity contribution < 1.29 is 9.59 Å². The number of urea groups is 1. The maximum absolute atomic E-state index is 11.7. The van der Waals surface area contributed by atoms with Gasteiger partial charge in [0.1, 0.15) is 5.69 Å². The molecule has 2 aromatic rings. The van der Waals surface area contributed by atoms with Gasteiger partial charge in [-0.2, -0.15) is 0 Å². The van der Waals surface area contributed by atoms with Crippen LogP contribution in [0.2, 0.25) is 0 Å². The van der Waals surface area contributed by atoms with E-state index < -0.39 is 6.03 Å². The minimum atomic E-state index is -0.395. The second-order valence-corrected chi connectivity index (χ2v) is 4.70. The number of hydrogen-bond donors (Lipinski definition) is 3. The lowest BCUT2D eigenvalue weighted by Crippen LogP contribution is -2.23. The highest BCUT2D eigenvalue weighted by Gasteiger charge is 2.11. The lowest BCUT2D eigenvalue weighted by Gasteiger charge is -2.04. The third kappa shape index (κ3) is 3.79. The van der Waals surface area contributed by atoms with E-state index in [9.17, 15) is 9.59 Å². The van der Waals surface area contributed by atoms with Gasteiger partial charge in [-0.25, -0.2) is 9.78 Å². The molecule has 0 fully saturated rings. The van der Waals surface area contributed by atoms with Gasteiger partial charge in [-0.15, -0.1) is 11.3 Å². The zero-order valence-electron chi connectivity index (χ0n) is 10.8. The van der Waals surface area contributed by atoms with Crippen LogP contribution in [0.15, 0.2) is 35.7 Å². The van der Waals surface area contributed by atoms with Crippen molar-refractivity contribution in [3.63, 3.8) is 0 Å². The number of para-hydroxylation sites is 1. The molecule has 0 aliphatic heterocycles. The number of carbonyl (C=O) groups excluding carboxylic acids is 2. The number of nitrogens with one attached hydrogen (secondary N) is 3. The summed E-state index contributed by atoms with van der Waals surface area (Å²) in [4.78, 5) is 27.3. The van der Waals surface area contributed by atoms with Gasteiger partial charge in [-0.1, -0.05) is 18.2 Å². The molecule has 0 aliphatic rings. The molecule has 2 rings (SSSR count). The van der Waals surface area contributed by atoms with Gasteiger partial charge in [0.25, 0.3) is 5.91 Å². The molecule has 7 heteroatoms. The summed E-state index contributed by atoms with van der Waals surface area (Å²) in [5, 5.41) is 9.88. The number of thiazole rings is 1. The summed E-state index contributed by atoms with van der Waals surface area (Å²) in [6.07, 6.45) is 0. The number of anilines is 2. The van der Waals surface area contributed by atoms with Gasteiger partial charge < -0.3 is 10.6 Å². The van der Waals surface area contributed by atoms with E-state index in [1.54, 1.807) is 17.5 Å². The Morgan fingerprint density at radius 2 is 1.95 bits per heavy atom.